The minimum Gasteiger partial charge on any atom is -0.497 e. The van der Waals surface area contributed by atoms with Crippen molar-refractivity contribution in [1.82, 2.24) is 10.3 Å². The number of aromatic nitrogens is 1. The molecular weight excluding hydrogens is 286 g/mol. The highest BCUT2D eigenvalue weighted by Gasteiger charge is 2.16. The molecule has 0 aliphatic carbocycles. The number of hydrogen-bond donors (Lipinski definition) is 2. The molecule has 0 spiro atoms. The smallest absolute Gasteiger partial charge is 0.271 e. The number of ether oxygens (including phenoxy) is 1. The fraction of sp³-hybridized carbons (Fsp3) is 0.333. The Morgan fingerprint density at radius 2 is 2.19 bits per heavy atom. The average molecular weight is 305 g/mol. The van der Waals surface area contributed by atoms with Crippen LogP contribution in [-0.4, -0.2) is 18.0 Å². The number of benzene rings is 1. The van der Waals surface area contributed by atoms with E-state index in [0.29, 0.717) is 5.69 Å². The molecule has 0 saturated carbocycles. The van der Waals surface area contributed by atoms with Gasteiger partial charge in [0.2, 0.25) is 0 Å². The summed E-state index contributed by atoms with van der Waals surface area (Å²) in [6.07, 6.45) is 0. The number of thiazole rings is 1. The summed E-state index contributed by atoms with van der Waals surface area (Å²) in [6.45, 7) is 3.77. The molecule has 0 fully saturated rings. The number of nitrogens with one attached hydrogen (secondary N) is 1. The van der Waals surface area contributed by atoms with Gasteiger partial charge in [-0.25, -0.2) is 4.98 Å². The predicted molar refractivity (Wildman–Crippen MR) is 83.6 cm³/mol. The van der Waals surface area contributed by atoms with Gasteiger partial charge in [-0.3, -0.25) is 4.79 Å². The van der Waals surface area contributed by atoms with Crippen LogP contribution in [0.15, 0.2) is 29.6 Å². The van der Waals surface area contributed by atoms with Crippen LogP contribution in [0, 0.1) is 0 Å². The molecule has 0 aliphatic rings. The van der Waals surface area contributed by atoms with Crippen molar-refractivity contribution < 1.29 is 9.53 Å². The molecule has 2 rings (SSSR count). The molecule has 6 heteroatoms. The van der Waals surface area contributed by atoms with Crippen molar-refractivity contribution in [2.75, 3.05) is 7.11 Å². The number of hydrogen-bond acceptors (Lipinski definition) is 5. The molecule has 21 heavy (non-hydrogen) atoms. The van der Waals surface area contributed by atoms with Crippen LogP contribution in [0.1, 0.15) is 47.0 Å². The van der Waals surface area contributed by atoms with Crippen molar-refractivity contribution in [3.63, 3.8) is 0 Å². The third-order valence-corrected chi connectivity index (χ3v) is 4.13. The van der Waals surface area contributed by atoms with E-state index in [1.54, 1.807) is 12.5 Å². The quantitative estimate of drug-likeness (QED) is 0.890. The molecule has 0 bridgehead atoms. The summed E-state index contributed by atoms with van der Waals surface area (Å²) in [7, 11) is 1.62. The summed E-state index contributed by atoms with van der Waals surface area (Å²) in [4.78, 5) is 16.4. The van der Waals surface area contributed by atoms with Crippen molar-refractivity contribution in [2.24, 2.45) is 5.73 Å². The van der Waals surface area contributed by atoms with Gasteiger partial charge in [0.15, 0.2) is 0 Å². The van der Waals surface area contributed by atoms with E-state index in [9.17, 15) is 4.79 Å². The van der Waals surface area contributed by atoms with Crippen LogP contribution in [-0.2, 0) is 0 Å². The summed E-state index contributed by atoms with van der Waals surface area (Å²) in [5.74, 6) is 0.565. The Kier molecular flexibility index (Phi) is 4.93. The van der Waals surface area contributed by atoms with E-state index in [2.05, 4.69) is 10.3 Å². The van der Waals surface area contributed by atoms with E-state index in [1.807, 2.05) is 38.1 Å². The Bertz CT molecular complexity index is 625. The van der Waals surface area contributed by atoms with Gasteiger partial charge in [0.1, 0.15) is 16.5 Å². The zero-order valence-electron chi connectivity index (χ0n) is 12.3. The number of carbonyl (C=O) groups excluding carboxylic acids is 1. The van der Waals surface area contributed by atoms with Crippen LogP contribution in [0.4, 0.5) is 0 Å². The van der Waals surface area contributed by atoms with E-state index in [1.165, 1.54) is 11.3 Å². The summed E-state index contributed by atoms with van der Waals surface area (Å²) in [5, 5.41) is 5.41. The molecule has 0 radical (unpaired) electrons. The molecule has 5 nitrogen and oxygen atoms in total. The van der Waals surface area contributed by atoms with Gasteiger partial charge in [0, 0.05) is 5.38 Å². The number of carbonyl (C=O) groups is 1. The summed E-state index contributed by atoms with van der Waals surface area (Å²) in [5.41, 5.74) is 7.14. The highest BCUT2D eigenvalue weighted by atomic mass is 32.1. The van der Waals surface area contributed by atoms with E-state index in [4.69, 9.17) is 10.5 Å². The molecule has 3 N–H and O–H groups in total. The van der Waals surface area contributed by atoms with Gasteiger partial charge in [-0.2, -0.15) is 0 Å². The Labute approximate surface area is 128 Å². The minimum atomic E-state index is -0.200. The third kappa shape index (κ3) is 3.80. The van der Waals surface area contributed by atoms with Gasteiger partial charge in [-0.05, 0) is 31.5 Å². The summed E-state index contributed by atoms with van der Waals surface area (Å²) in [6, 6.07) is 7.32. The third-order valence-electron chi connectivity index (χ3n) is 3.09. The Hall–Kier alpha value is -1.92. The van der Waals surface area contributed by atoms with Crippen molar-refractivity contribution in [1.29, 1.82) is 0 Å². The lowest BCUT2D eigenvalue weighted by atomic mass is 10.1. The van der Waals surface area contributed by atoms with Gasteiger partial charge in [-0.1, -0.05) is 12.1 Å². The molecule has 0 aliphatic heterocycles. The largest absolute Gasteiger partial charge is 0.497 e. The van der Waals surface area contributed by atoms with Crippen molar-refractivity contribution >= 4 is 17.2 Å². The SMILES string of the molecule is COc1cccc([C@H](C)NC(=O)c2csc(C(C)N)n2)c1. The van der Waals surface area contributed by atoms with Crippen LogP contribution < -0.4 is 15.8 Å². The summed E-state index contributed by atoms with van der Waals surface area (Å²) >= 11 is 1.40. The molecule has 2 atom stereocenters. The van der Waals surface area contributed by atoms with E-state index in [0.717, 1.165) is 16.3 Å². The topological polar surface area (TPSA) is 77.2 Å². The normalized spacial score (nSPS) is 13.5. The number of nitrogens with two attached hydrogens (primary N) is 1. The van der Waals surface area contributed by atoms with Crippen LogP contribution in [0.2, 0.25) is 0 Å². The molecule has 1 unspecified atom stereocenters. The predicted octanol–water partition coefficient (Wildman–Crippen LogP) is 2.66. The van der Waals surface area contributed by atoms with Gasteiger partial charge in [0.25, 0.3) is 5.91 Å². The van der Waals surface area contributed by atoms with Crippen molar-refractivity contribution in [2.45, 2.75) is 25.9 Å². The number of nitrogens with zero attached hydrogens (tertiary/aromatic N) is 1. The second-order valence-electron chi connectivity index (χ2n) is 4.83. The minimum absolute atomic E-state index is 0.131. The second kappa shape index (κ2) is 6.69. The van der Waals surface area contributed by atoms with Crippen LogP contribution >= 0.6 is 11.3 Å². The fourth-order valence-corrected chi connectivity index (χ4v) is 2.62. The standard InChI is InChI=1S/C15H19N3O2S/c1-9(16)15-18-13(8-21-15)14(19)17-10(2)11-5-4-6-12(7-11)20-3/h4-10H,16H2,1-3H3,(H,17,19)/t9?,10-/m0/s1. The van der Waals surface area contributed by atoms with Crippen molar-refractivity contribution in [3.05, 3.63) is 45.9 Å². The zero-order valence-corrected chi connectivity index (χ0v) is 13.1. The molecule has 1 aromatic carbocycles. The van der Waals surface area contributed by atoms with Gasteiger partial charge in [-0.15, -0.1) is 11.3 Å². The first-order chi connectivity index (χ1) is 10.0. The Morgan fingerprint density at radius 1 is 1.43 bits per heavy atom. The lowest BCUT2D eigenvalue weighted by Gasteiger charge is -2.14. The van der Waals surface area contributed by atoms with Crippen LogP contribution in [0.5, 0.6) is 5.75 Å². The molecule has 1 heterocycles. The number of amides is 1. The lowest BCUT2D eigenvalue weighted by Crippen LogP contribution is -2.27. The van der Waals surface area contributed by atoms with Gasteiger partial charge >= 0.3 is 0 Å². The monoisotopic (exact) mass is 305 g/mol. The lowest BCUT2D eigenvalue weighted by molar-refractivity contribution is 0.0935. The molecule has 112 valence electrons. The Balaban J connectivity index is 2.07. The summed E-state index contributed by atoms with van der Waals surface area (Å²) < 4.78 is 5.19. The van der Waals surface area contributed by atoms with Crippen LogP contribution in [0.3, 0.4) is 0 Å². The molecule has 1 aromatic heterocycles. The highest BCUT2D eigenvalue weighted by Crippen LogP contribution is 2.20. The zero-order chi connectivity index (χ0) is 15.4. The van der Waals surface area contributed by atoms with Gasteiger partial charge < -0.3 is 15.8 Å². The molecule has 0 saturated heterocycles. The molecule has 1 amide bonds. The molecular formula is C15H19N3O2S. The first-order valence-electron chi connectivity index (χ1n) is 6.67. The Morgan fingerprint density at radius 3 is 2.81 bits per heavy atom. The van der Waals surface area contributed by atoms with E-state index in [-0.39, 0.29) is 18.0 Å². The van der Waals surface area contributed by atoms with Crippen LogP contribution in [0.25, 0.3) is 0 Å². The van der Waals surface area contributed by atoms with E-state index < -0.39 is 0 Å². The maximum atomic E-state index is 12.2. The highest BCUT2D eigenvalue weighted by molar-refractivity contribution is 7.09. The maximum absolute atomic E-state index is 12.2. The maximum Gasteiger partial charge on any atom is 0.271 e. The van der Waals surface area contributed by atoms with Crippen molar-refractivity contribution in [3.8, 4) is 5.75 Å². The number of rotatable bonds is 5. The number of methoxy groups -OCH3 is 1. The second-order valence-corrected chi connectivity index (χ2v) is 5.72. The molecule has 2 aromatic rings. The van der Waals surface area contributed by atoms with Gasteiger partial charge in [0.05, 0.1) is 19.2 Å². The first kappa shape index (κ1) is 15.5. The average Bonchev–Trinajstić information content (AvgIpc) is 2.97. The first-order valence-corrected chi connectivity index (χ1v) is 7.55. The van der Waals surface area contributed by atoms with E-state index >= 15 is 0 Å². The fourth-order valence-electron chi connectivity index (χ4n) is 1.87.